The van der Waals surface area contributed by atoms with E-state index in [2.05, 4.69) is 17.4 Å². The molecule has 0 heterocycles. The Morgan fingerprint density at radius 3 is 2.95 bits per heavy atom. The van der Waals surface area contributed by atoms with Gasteiger partial charge in [0.25, 0.3) is 5.91 Å². The van der Waals surface area contributed by atoms with Crippen LogP contribution in [0.5, 0.6) is 0 Å². The molecule has 1 aromatic carbocycles. The van der Waals surface area contributed by atoms with Gasteiger partial charge in [-0.1, -0.05) is 31.2 Å². The van der Waals surface area contributed by atoms with E-state index in [0.717, 1.165) is 25.7 Å². The molecule has 0 aliphatic heterocycles. The molecule has 4 nitrogen and oxygen atoms in total. The van der Waals surface area contributed by atoms with Gasteiger partial charge in [0.05, 0.1) is 6.04 Å². The van der Waals surface area contributed by atoms with Gasteiger partial charge in [0, 0.05) is 6.42 Å². The van der Waals surface area contributed by atoms with Gasteiger partial charge in [0.2, 0.25) is 0 Å². The number of fused-ring (bicyclic) bond motifs is 1. The highest BCUT2D eigenvalue weighted by Crippen LogP contribution is 2.29. The summed E-state index contributed by atoms with van der Waals surface area (Å²) in [4.78, 5) is 23.1. The fourth-order valence-corrected chi connectivity index (χ4v) is 2.56. The fourth-order valence-electron chi connectivity index (χ4n) is 2.56. The normalized spacial score (nSPS) is 17.1. The second-order valence-corrected chi connectivity index (χ2v) is 5.12. The summed E-state index contributed by atoms with van der Waals surface area (Å²) in [6.45, 7) is 1.72. The summed E-state index contributed by atoms with van der Waals surface area (Å²) < 4.78 is 4.92. The first kappa shape index (κ1) is 14.6. The molecule has 1 aliphatic carbocycles. The number of hydrogen-bond acceptors (Lipinski definition) is 3. The highest BCUT2D eigenvalue weighted by Gasteiger charge is 2.21. The predicted octanol–water partition coefficient (Wildman–Crippen LogP) is 2.52. The molecule has 0 saturated carbocycles. The molecular weight excluding hydrogens is 254 g/mol. The van der Waals surface area contributed by atoms with Crippen molar-refractivity contribution in [1.82, 2.24) is 5.32 Å². The van der Waals surface area contributed by atoms with E-state index in [1.54, 1.807) is 0 Å². The lowest BCUT2D eigenvalue weighted by atomic mass is 9.88. The van der Waals surface area contributed by atoms with Crippen LogP contribution in [-0.2, 0) is 20.7 Å². The summed E-state index contributed by atoms with van der Waals surface area (Å²) >= 11 is 0. The minimum Gasteiger partial charge on any atom is -0.456 e. The molecule has 20 heavy (non-hydrogen) atoms. The highest BCUT2D eigenvalue weighted by molar-refractivity contribution is 5.80. The zero-order chi connectivity index (χ0) is 14.4. The highest BCUT2D eigenvalue weighted by atomic mass is 16.5. The first-order chi connectivity index (χ1) is 9.70. The monoisotopic (exact) mass is 275 g/mol. The van der Waals surface area contributed by atoms with Gasteiger partial charge < -0.3 is 10.1 Å². The van der Waals surface area contributed by atoms with Gasteiger partial charge >= 0.3 is 5.97 Å². The molecule has 1 atom stereocenters. The van der Waals surface area contributed by atoms with Crippen LogP contribution in [0.4, 0.5) is 0 Å². The summed E-state index contributed by atoms with van der Waals surface area (Å²) in [5.41, 5.74) is 2.49. The molecule has 0 spiro atoms. The van der Waals surface area contributed by atoms with Crippen molar-refractivity contribution in [1.29, 1.82) is 0 Å². The van der Waals surface area contributed by atoms with E-state index in [1.807, 2.05) is 19.1 Å². The van der Waals surface area contributed by atoms with E-state index >= 15 is 0 Å². The van der Waals surface area contributed by atoms with Crippen LogP contribution in [0.2, 0.25) is 0 Å². The standard InChI is InChI=1S/C16H21NO3/c1-2-6-16(19)20-11-15(18)17-14-10-5-8-12-7-3-4-9-13(12)14/h3-4,7,9,14H,2,5-6,8,10-11H2,1H3,(H,17,18)/t14-/m1/s1. The van der Waals surface area contributed by atoms with Crippen LogP contribution in [0.15, 0.2) is 24.3 Å². The summed E-state index contributed by atoms with van der Waals surface area (Å²) in [7, 11) is 0. The third-order valence-corrected chi connectivity index (χ3v) is 3.52. The van der Waals surface area contributed by atoms with E-state index in [0.29, 0.717) is 6.42 Å². The molecule has 4 heteroatoms. The molecule has 0 unspecified atom stereocenters. The minimum atomic E-state index is -0.313. The van der Waals surface area contributed by atoms with Gasteiger partial charge in [-0.15, -0.1) is 0 Å². The van der Waals surface area contributed by atoms with Gasteiger partial charge in [-0.25, -0.2) is 0 Å². The predicted molar refractivity (Wildman–Crippen MR) is 76.1 cm³/mol. The Morgan fingerprint density at radius 2 is 2.15 bits per heavy atom. The number of nitrogens with one attached hydrogen (secondary N) is 1. The molecular formula is C16H21NO3. The van der Waals surface area contributed by atoms with Gasteiger partial charge in [-0.2, -0.15) is 0 Å². The number of carbonyl (C=O) groups excluding carboxylic acids is 2. The van der Waals surface area contributed by atoms with Crippen molar-refractivity contribution in [3.05, 3.63) is 35.4 Å². The van der Waals surface area contributed by atoms with Gasteiger partial charge in [0.15, 0.2) is 6.61 Å². The number of carbonyl (C=O) groups is 2. The molecule has 1 aliphatic rings. The molecule has 0 saturated heterocycles. The Morgan fingerprint density at radius 1 is 1.35 bits per heavy atom. The maximum absolute atomic E-state index is 11.8. The molecule has 1 N–H and O–H groups in total. The largest absolute Gasteiger partial charge is 0.456 e. The molecule has 108 valence electrons. The Labute approximate surface area is 119 Å². The van der Waals surface area contributed by atoms with Crippen LogP contribution >= 0.6 is 0 Å². The van der Waals surface area contributed by atoms with Crippen molar-refractivity contribution in [2.24, 2.45) is 0 Å². The maximum Gasteiger partial charge on any atom is 0.306 e. The van der Waals surface area contributed by atoms with E-state index in [-0.39, 0.29) is 24.5 Å². The van der Waals surface area contributed by atoms with Crippen molar-refractivity contribution in [3.8, 4) is 0 Å². The van der Waals surface area contributed by atoms with Gasteiger partial charge in [-0.05, 0) is 36.8 Å². The molecule has 1 amide bonds. The number of hydrogen-bond donors (Lipinski definition) is 1. The Hall–Kier alpha value is -1.84. The zero-order valence-electron chi connectivity index (χ0n) is 11.9. The quantitative estimate of drug-likeness (QED) is 0.840. The Balaban J connectivity index is 1.88. The van der Waals surface area contributed by atoms with Crippen LogP contribution in [0, 0.1) is 0 Å². The fraction of sp³-hybridized carbons (Fsp3) is 0.500. The minimum absolute atomic E-state index is 0.0392. The third-order valence-electron chi connectivity index (χ3n) is 3.52. The Bertz CT molecular complexity index is 484. The molecule has 0 aromatic heterocycles. The van der Waals surface area contributed by atoms with E-state index < -0.39 is 0 Å². The number of esters is 1. The van der Waals surface area contributed by atoms with Crippen molar-refractivity contribution in [2.75, 3.05) is 6.61 Å². The maximum atomic E-state index is 11.8. The SMILES string of the molecule is CCCC(=O)OCC(=O)N[C@@H]1CCCc2ccccc21. The van der Waals surface area contributed by atoms with Crippen LogP contribution in [-0.4, -0.2) is 18.5 Å². The van der Waals surface area contributed by atoms with Crippen LogP contribution < -0.4 is 5.32 Å². The molecule has 0 bridgehead atoms. The van der Waals surface area contributed by atoms with Gasteiger partial charge in [-0.3, -0.25) is 9.59 Å². The number of ether oxygens (including phenoxy) is 1. The van der Waals surface area contributed by atoms with E-state index in [4.69, 9.17) is 4.74 Å². The smallest absolute Gasteiger partial charge is 0.306 e. The summed E-state index contributed by atoms with van der Waals surface area (Å²) in [6.07, 6.45) is 4.16. The first-order valence-electron chi connectivity index (χ1n) is 7.23. The Kier molecular flexibility index (Phi) is 5.16. The van der Waals surface area contributed by atoms with Crippen molar-refractivity contribution in [3.63, 3.8) is 0 Å². The van der Waals surface area contributed by atoms with E-state index in [9.17, 15) is 9.59 Å². The summed E-state index contributed by atoms with van der Waals surface area (Å²) in [6, 6.07) is 8.22. The van der Waals surface area contributed by atoms with Gasteiger partial charge in [0.1, 0.15) is 0 Å². The van der Waals surface area contributed by atoms with Crippen LogP contribution in [0.25, 0.3) is 0 Å². The number of rotatable bonds is 5. The lowest BCUT2D eigenvalue weighted by Crippen LogP contribution is -2.34. The second-order valence-electron chi connectivity index (χ2n) is 5.12. The van der Waals surface area contributed by atoms with Crippen molar-refractivity contribution >= 4 is 11.9 Å². The van der Waals surface area contributed by atoms with Crippen molar-refractivity contribution in [2.45, 2.75) is 45.1 Å². The topological polar surface area (TPSA) is 55.4 Å². The number of benzene rings is 1. The number of amides is 1. The van der Waals surface area contributed by atoms with Crippen LogP contribution in [0.1, 0.15) is 49.8 Å². The first-order valence-corrected chi connectivity index (χ1v) is 7.23. The van der Waals surface area contributed by atoms with Crippen molar-refractivity contribution < 1.29 is 14.3 Å². The molecule has 0 radical (unpaired) electrons. The summed E-state index contributed by atoms with van der Waals surface area (Å²) in [5, 5.41) is 2.96. The second kappa shape index (κ2) is 7.08. The molecule has 2 rings (SSSR count). The average Bonchev–Trinajstić information content (AvgIpc) is 2.46. The van der Waals surface area contributed by atoms with E-state index in [1.165, 1.54) is 11.1 Å². The third kappa shape index (κ3) is 3.83. The molecule has 0 fully saturated rings. The molecule has 1 aromatic rings. The lowest BCUT2D eigenvalue weighted by molar-refractivity contribution is -0.148. The lowest BCUT2D eigenvalue weighted by Gasteiger charge is -2.26. The number of aryl methyl sites for hydroxylation is 1. The summed E-state index contributed by atoms with van der Waals surface area (Å²) in [5.74, 6) is -0.539. The van der Waals surface area contributed by atoms with Crippen LogP contribution in [0.3, 0.4) is 0 Å². The zero-order valence-corrected chi connectivity index (χ0v) is 11.9. The average molecular weight is 275 g/mol.